The fourth-order valence-electron chi connectivity index (χ4n) is 2.94. The summed E-state index contributed by atoms with van der Waals surface area (Å²) in [6.45, 7) is 9.07. The summed E-state index contributed by atoms with van der Waals surface area (Å²) in [5.74, 6) is 0. The van der Waals surface area contributed by atoms with Gasteiger partial charge in [-0.15, -0.1) is 0 Å². The normalized spacial score (nSPS) is 15.4. The van der Waals surface area contributed by atoms with E-state index in [2.05, 4.69) is 76.2 Å². The molecule has 1 aliphatic rings. The lowest BCUT2D eigenvalue weighted by Crippen LogP contribution is -2.07. The van der Waals surface area contributed by atoms with Crippen molar-refractivity contribution in [2.45, 2.75) is 34.1 Å². The molecule has 20 heavy (non-hydrogen) atoms. The van der Waals surface area contributed by atoms with Crippen LogP contribution in [-0.4, -0.2) is 0 Å². The summed E-state index contributed by atoms with van der Waals surface area (Å²) in [6, 6.07) is 13.2. The highest BCUT2D eigenvalue weighted by Gasteiger charge is 2.20. The molecule has 102 valence electrons. The summed E-state index contributed by atoms with van der Waals surface area (Å²) in [7, 11) is 0. The van der Waals surface area contributed by atoms with Gasteiger partial charge in [-0.2, -0.15) is 0 Å². The van der Waals surface area contributed by atoms with E-state index in [9.17, 15) is 0 Å². The molecule has 0 amide bonds. The second-order valence-electron chi connectivity index (χ2n) is 6.76. The van der Waals surface area contributed by atoms with Crippen LogP contribution in [0.2, 0.25) is 0 Å². The van der Waals surface area contributed by atoms with Crippen molar-refractivity contribution in [2.24, 2.45) is 5.41 Å². The van der Waals surface area contributed by atoms with Crippen LogP contribution in [0.15, 0.2) is 54.1 Å². The van der Waals surface area contributed by atoms with E-state index in [1.54, 1.807) is 0 Å². The van der Waals surface area contributed by atoms with E-state index in [1.807, 2.05) is 0 Å². The van der Waals surface area contributed by atoms with Crippen LogP contribution in [0.4, 0.5) is 0 Å². The lowest BCUT2D eigenvalue weighted by molar-refractivity contribution is 0.496. The molecule has 0 radical (unpaired) electrons. The van der Waals surface area contributed by atoms with Crippen LogP contribution in [0.3, 0.4) is 0 Å². The summed E-state index contributed by atoms with van der Waals surface area (Å²) in [6.07, 6.45) is 5.84. The molecular formula is C20H22. The lowest BCUT2D eigenvalue weighted by atomic mass is 9.85. The van der Waals surface area contributed by atoms with Gasteiger partial charge in [-0.05, 0) is 46.2 Å². The lowest BCUT2D eigenvalue weighted by Gasteiger charge is -2.19. The third-order valence-electron chi connectivity index (χ3n) is 4.29. The maximum atomic E-state index is 2.39. The number of rotatable bonds is 1. The minimum atomic E-state index is 0.263. The molecule has 0 atom stereocenters. The van der Waals surface area contributed by atoms with Crippen LogP contribution in [0.25, 0.3) is 16.3 Å². The molecule has 0 heteroatoms. The van der Waals surface area contributed by atoms with E-state index in [4.69, 9.17) is 0 Å². The highest BCUT2D eigenvalue weighted by atomic mass is 14.3. The summed E-state index contributed by atoms with van der Waals surface area (Å²) in [5, 5.41) is 2.73. The highest BCUT2D eigenvalue weighted by Crippen LogP contribution is 2.38. The first-order chi connectivity index (χ1) is 9.47. The minimum absolute atomic E-state index is 0.263. The van der Waals surface area contributed by atoms with Crippen molar-refractivity contribution >= 4 is 16.3 Å². The van der Waals surface area contributed by atoms with Gasteiger partial charge in [0.15, 0.2) is 0 Å². The standard InChI is InChI=1S/C20H22/c1-14-9-12-18(19-8-6-5-7-17(14)19)15-10-11-16(13-15)20(2,3)4/h5-10,12-13H,11H2,1-4H3. The molecule has 3 rings (SSSR count). The van der Waals surface area contributed by atoms with Gasteiger partial charge in [-0.1, -0.05) is 74.9 Å². The molecule has 2 aromatic rings. The Morgan fingerprint density at radius 3 is 2.25 bits per heavy atom. The van der Waals surface area contributed by atoms with Crippen molar-refractivity contribution in [3.63, 3.8) is 0 Å². The Labute approximate surface area is 121 Å². The zero-order chi connectivity index (χ0) is 14.3. The van der Waals surface area contributed by atoms with Gasteiger partial charge in [0.2, 0.25) is 0 Å². The Kier molecular flexibility index (Phi) is 3.05. The Morgan fingerprint density at radius 1 is 0.900 bits per heavy atom. The van der Waals surface area contributed by atoms with E-state index in [0.717, 1.165) is 6.42 Å². The third kappa shape index (κ3) is 2.20. The van der Waals surface area contributed by atoms with Crippen LogP contribution in [0, 0.1) is 12.3 Å². The van der Waals surface area contributed by atoms with Gasteiger partial charge >= 0.3 is 0 Å². The average molecular weight is 262 g/mol. The number of aryl methyl sites for hydroxylation is 1. The molecule has 0 unspecified atom stereocenters. The molecule has 0 saturated heterocycles. The van der Waals surface area contributed by atoms with Gasteiger partial charge in [0.05, 0.1) is 0 Å². The SMILES string of the molecule is Cc1ccc(C2=CCC(C(C)(C)C)=C2)c2ccccc12. The largest absolute Gasteiger partial charge is 0.0725 e. The Balaban J connectivity index is 2.13. The fourth-order valence-corrected chi connectivity index (χ4v) is 2.94. The first-order valence-electron chi connectivity index (χ1n) is 7.37. The number of hydrogen-bond donors (Lipinski definition) is 0. The molecule has 2 aromatic carbocycles. The molecule has 0 aliphatic heterocycles. The predicted octanol–water partition coefficient (Wildman–Crippen LogP) is 5.91. The van der Waals surface area contributed by atoms with E-state index in [-0.39, 0.29) is 5.41 Å². The zero-order valence-electron chi connectivity index (χ0n) is 12.8. The highest BCUT2D eigenvalue weighted by molar-refractivity contribution is 5.98. The molecular weight excluding hydrogens is 240 g/mol. The molecule has 1 aliphatic carbocycles. The molecule has 0 saturated carbocycles. The fraction of sp³-hybridized carbons (Fsp3) is 0.300. The first-order valence-corrected chi connectivity index (χ1v) is 7.37. The smallest absolute Gasteiger partial charge is 0.0103 e. The topological polar surface area (TPSA) is 0 Å². The van der Waals surface area contributed by atoms with Gasteiger partial charge in [0.25, 0.3) is 0 Å². The number of benzene rings is 2. The van der Waals surface area contributed by atoms with Gasteiger partial charge in [0.1, 0.15) is 0 Å². The molecule has 0 heterocycles. The van der Waals surface area contributed by atoms with Gasteiger partial charge in [-0.25, -0.2) is 0 Å². The summed E-state index contributed by atoms with van der Waals surface area (Å²) in [5.41, 5.74) is 5.88. The molecule has 0 fully saturated rings. The van der Waals surface area contributed by atoms with E-state index >= 15 is 0 Å². The van der Waals surface area contributed by atoms with Crippen molar-refractivity contribution in [2.75, 3.05) is 0 Å². The van der Waals surface area contributed by atoms with Crippen molar-refractivity contribution in [3.05, 3.63) is 65.3 Å². The van der Waals surface area contributed by atoms with Crippen LogP contribution >= 0.6 is 0 Å². The maximum Gasteiger partial charge on any atom is -0.0103 e. The van der Waals surface area contributed by atoms with Crippen molar-refractivity contribution < 1.29 is 0 Å². The Hall–Kier alpha value is -1.82. The van der Waals surface area contributed by atoms with Crippen LogP contribution in [0.1, 0.15) is 38.3 Å². The monoisotopic (exact) mass is 262 g/mol. The predicted molar refractivity (Wildman–Crippen MR) is 88.8 cm³/mol. The van der Waals surface area contributed by atoms with Gasteiger partial charge < -0.3 is 0 Å². The summed E-state index contributed by atoms with van der Waals surface area (Å²) >= 11 is 0. The molecule has 0 N–H and O–H groups in total. The van der Waals surface area contributed by atoms with E-state index in [0.29, 0.717) is 0 Å². The summed E-state index contributed by atoms with van der Waals surface area (Å²) < 4.78 is 0. The van der Waals surface area contributed by atoms with Crippen molar-refractivity contribution in [1.29, 1.82) is 0 Å². The molecule has 0 aromatic heterocycles. The second kappa shape index (κ2) is 4.63. The van der Waals surface area contributed by atoms with E-state index in [1.165, 1.54) is 33.0 Å². The third-order valence-corrected chi connectivity index (χ3v) is 4.29. The first kappa shape index (κ1) is 13.2. The quantitative estimate of drug-likeness (QED) is 0.599. The Bertz CT molecular complexity index is 721. The summed E-state index contributed by atoms with van der Waals surface area (Å²) in [4.78, 5) is 0. The average Bonchev–Trinajstić information content (AvgIpc) is 2.89. The van der Waals surface area contributed by atoms with Crippen LogP contribution < -0.4 is 0 Å². The Morgan fingerprint density at radius 2 is 1.60 bits per heavy atom. The van der Waals surface area contributed by atoms with Gasteiger partial charge in [0, 0.05) is 0 Å². The zero-order valence-corrected chi connectivity index (χ0v) is 12.8. The second-order valence-corrected chi connectivity index (χ2v) is 6.76. The van der Waals surface area contributed by atoms with Crippen LogP contribution in [0.5, 0.6) is 0 Å². The minimum Gasteiger partial charge on any atom is -0.0725 e. The molecule has 0 bridgehead atoms. The van der Waals surface area contributed by atoms with E-state index < -0.39 is 0 Å². The number of allylic oxidation sites excluding steroid dienone is 4. The molecule has 0 spiro atoms. The van der Waals surface area contributed by atoms with Crippen molar-refractivity contribution in [1.82, 2.24) is 0 Å². The van der Waals surface area contributed by atoms with Gasteiger partial charge in [-0.3, -0.25) is 0 Å². The van der Waals surface area contributed by atoms with Crippen LogP contribution in [-0.2, 0) is 0 Å². The maximum absolute atomic E-state index is 2.39. The number of hydrogen-bond acceptors (Lipinski definition) is 0. The molecule has 0 nitrogen and oxygen atoms in total. The van der Waals surface area contributed by atoms with Crippen molar-refractivity contribution in [3.8, 4) is 0 Å². The number of fused-ring (bicyclic) bond motifs is 1.